The van der Waals surface area contributed by atoms with E-state index >= 15 is 0 Å². The number of benzene rings is 3. The van der Waals surface area contributed by atoms with Crippen molar-refractivity contribution in [2.75, 3.05) is 0 Å². The highest BCUT2D eigenvalue weighted by Gasteiger charge is 2.39. The van der Waals surface area contributed by atoms with Crippen LogP contribution in [0, 0.1) is 0 Å². The van der Waals surface area contributed by atoms with E-state index < -0.39 is 23.5 Å². The number of alkyl halides is 6. The second kappa shape index (κ2) is 6.69. The standard InChI is InChI=1S/C22H13F6N/c23-21(24,25)15-11-16(22(26,27)28)19-17(12-15)29-20(14-9-5-2-6-10-14)18(19)13-7-3-1-4-8-13/h1-12,29H. The molecule has 0 spiro atoms. The summed E-state index contributed by atoms with van der Waals surface area (Å²) in [5.41, 5.74) is -1.29. The summed E-state index contributed by atoms with van der Waals surface area (Å²) in [5, 5.41) is -0.282. The predicted molar refractivity (Wildman–Crippen MR) is 99.2 cm³/mol. The van der Waals surface area contributed by atoms with Crippen molar-refractivity contribution in [3.05, 3.63) is 83.9 Å². The van der Waals surface area contributed by atoms with Gasteiger partial charge in [-0.2, -0.15) is 26.3 Å². The molecule has 1 N–H and O–H groups in total. The number of halogens is 6. The van der Waals surface area contributed by atoms with E-state index in [0.717, 1.165) is 6.07 Å². The second-order valence-electron chi connectivity index (χ2n) is 6.55. The van der Waals surface area contributed by atoms with Crippen molar-refractivity contribution in [3.63, 3.8) is 0 Å². The Balaban J connectivity index is 2.17. The molecule has 0 saturated carbocycles. The van der Waals surface area contributed by atoms with Crippen LogP contribution in [0.25, 0.3) is 33.3 Å². The zero-order chi connectivity index (χ0) is 20.8. The average Bonchev–Trinajstić information content (AvgIpc) is 3.06. The van der Waals surface area contributed by atoms with Gasteiger partial charge in [0, 0.05) is 16.5 Å². The van der Waals surface area contributed by atoms with E-state index in [9.17, 15) is 26.3 Å². The lowest BCUT2D eigenvalue weighted by molar-refractivity contribution is -0.142. The normalized spacial score (nSPS) is 12.5. The molecule has 0 aliphatic heterocycles. The Hall–Kier alpha value is -3.22. The fourth-order valence-corrected chi connectivity index (χ4v) is 3.43. The second-order valence-corrected chi connectivity index (χ2v) is 6.55. The minimum atomic E-state index is -4.96. The van der Waals surface area contributed by atoms with Crippen LogP contribution >= 0.6 is 0 Å². The van der Waals surface area contributed by atoms with E-state index in [0.29, 0.717) is 16.8 Å². The molecule has 0 amide bonds. The van der Waals surface area contributed by atoms with Gasteiger partial charge >= 0.3 is 12.4 Å². The number of fused-ring (bicyclic) bond motifs is 1. The summed E-state index contributed by atoms with van der Waals surface area (Å²) >= 11 is 0. The summed E-state index contributed by atoms with van der Waals surface area (Å²) in [6.45, 7) is 0. The van der Waals surface area contributed by atoms with Gasteiger partial charge in [-0.3, -0.25) is 0 Å². The molecule has 7 heteroatoms. The third-order valence-electron chi connectivity index (χ3n) is 4.66. The molecular formula is C22H13F6N. The van der Waals surface area contributed by atoms with Gasteiger partial charge in [-0.15, -0.1) is 0 Å². The zero-order valence-electron chi connectivity index (χ0n) is 14.7. The highest BCUT2D eigenvalue weighted by Crippen LogP contribution is 2.46. The van der Waals surface area contributed by atoms with Gasteiger partial charge in [0.05, 0.1) is 16.8 Å². The van der Waals surface area contributed by atoms with Gasteiger partial charge in [0.2, 0.25) is 0 Å². The maximum Gasteiger partial charge on any atom is 0.417 e. The van der Waals surface area contributed by atoms with Crippen molar-refractivity contribution in [3.8, 4) is 22.4 Å². The minimum absolute atomic E-state index is 0.178. The van der Waals surface area contributed by atoms with Crippen molar-refractivity contribution in [2.24, 2.45) is 0 Å². The van der Waals surface area contributed by atoms with Gasteiger partial charge in [0.15, 0.2) is 0 Å². The van der Waals surface area contributed by atoms with Crippen molar-refractivity contribution < 1.29 is 26.3 Å². The number of nitrogens with one attached hydrogen (secondary N) is 1. The maximum atomic E-state index is 13.8. The quantitative estimate of drug-likeness (QED) is 0.332. The summed E-state index contributed by atoms with van der Waals surface area (Å²) in [5.74, 6) is 0. The van der Waals surface area contributed by atoms with Crippen LogP contribution in [0.5, 0.6) is 0 Å². The molecule has 148 valence electrons. The fourth-order valence-electron chi connectivity index (χ4n) is 3.43. The molecule has 0 bridgehead atoms. The first-order valence-electron chi connectivity index (χ1n) is 8.61. The zero-order valence-corrected chi connectivity index (χ0v) is 14.7. The van der Waals surface area contributed by atoms with Gasteiger partial charge in [-0.05, 0) is 23.3 Å². The molecule has 29 heavy (non-hydrogen) atoms. The highest BCUT2D eigenvalue weighted by atomic mass is 19.4. The number of aromatic nitrogens is 1. The Morgan fingerprint density at radius 1 is 0.621 bits per heavy atom. The number of hydrogen-bond donors (Lipinski definition) is 1. The van der Waals surface area contributed by atoms with Gasteiger partial charge in [0.25, 0.3) is 0 Å². The van der Waals surface area contributed by atoms with Gasteiger partial charge < -0.3 is 4.98 Å². The molecule has 0 radical (unpaired) electrons. The average molecular weight is 405 g/mol. The minimum Gasteiger partial charge on any atom is -0.354 e. The SMILES string of the molecule is FC(F)(F)c1cc(C(F)(F)F)c2c(-c3ccccc3)c(-c3ccccc3)[nH]c2c1. The van der Waals surface area contributed by atoms with E-state index in [1.165, 1.54) is 0 Å². The molecule has 1 nitrogen and oxygen atoms in total. The van der Waals surface area contributed by atoms with Crippen LogP contribution in [0.2, 0.25) is 0 Å². The van der Waals surface area contributed by atoms with E-state index in [-0.39, 0.29) is 22.5 Å². The number of aromatic amines is 1. The third kappa shape index (κ3) is 3.48. The van der Waals surface area contributed by atoms with Gasteiger partial charge in [-0.25, -0.2) is 0 Å². The van der Waals surface area contributed by atoms with Gasteiger partial charge in [-0.1, -0.05) is 60.7 Å². The third-order valence-corrected chi connectivity index (χ3v) is 4.66. The number of H-pyrrole nitrogens is 1. The molecule has 0 atom stereocenters. The van der Waals surface area contributed by atoms with Crippen molar-refractivity contribution in [1.29, 1.82) is 0 Å². The molecule has 0 aliphatic carbocycles. The van der Waals surface area contributed by atoms with Gasteiger partial charge in [0.1, 0.15) is 0 Å². The molecular weight excluding hydrogens is 392 g/mol. The first-order valence-corrected chi connectivity index (χ1v) is 8.61. The smallest absolute Gasteiger partial charge is 0.354 e. The Bertz CT molecular complexity index is 1160. The van der Waals surface area contributed by atoms with E-state index in [4.69, 9.17) is 0 Å². The number of rotatable bonds is 2. The molecule has 0 fully saturated rings. The van der Waals surface area contributed by atoms with E-state index in [2.05, 4.69) is 4.98 Å². The summed E-state index contributed by atoms with van der Waals surface area (Å²) < 4.78 is 81.2. The largest absolute Gasteiger partial charge is 0.417 e. The van der Waals surface area contributed by atoms with Crippen LogP contribution in [-0.4, -0.2) is 4.98 Å². The topological polar surface area (TPSA) is 15.8 Å². The lowest BCUT2D eigenvalue weighted by Crippen LogP contribution is -2.11. The maximum absolute atomic E-state index is 13.8. The van der Waals surface area contributed by atoms with Crippen LogP contribution in [0.1, 0.15) is 11.1 Å². The summed E-state index contributed by atoms with van der Waals surface area (Å²) in [6.07, 6.45) is -9.86. The molecule has 1 aromatic heterocycles. The molecule has 0 saturated heterocycles. The van der Waals surface area contributed by atoms with Crippen molar-refractivity contribution >= 4 is 10.9 Å². The molecule has 4 rings (SSSR count). The van der Waals surface area contributed by atoms with Crippen molar-refractivity contribution in [2.45, 2.75) is 12.4 Å². The first-order chi connectivity index (χ1) is 13.7. The monoisotopic (exact) mass is 405 g/mol. The Morgan fingerprint density at radius 2 is 1.17 bits per heavy atom. The van der Waals surface area contributed by atoms with E-state index in [1.54, 1.807) is 60.7 Å². The summed E-state index contributed by atoms with van der Waals surface area (Å²) in [7, 11) is 0. The number of hydrogen-bond acceptors (Lipinski definition) is 0. The summed E-state index contributed by atoms with van der Waals surface area (Å²) in [6, 6.07) is 17.8. The Kier molecular flexibility index (Phi) is 4.41. The first kappa shape index (κ1) is 19.1. The predicted octanol–water partition coefficient (Wildman–Crippen LogP) is 7.54. The van der Waals surface area contributed by atoms with Crippen molar-refractivity contribution in [1.82, 2.24) is 4.98 Å². The lowest BCUT2D eigenvalue weighted by Gasteiger charge is -2.14. The Morgan fingerprint density at radius 3 is 1.69 bits per heavy atom. The van der Waals surface area contributed by atoms with Crippen LogP contribution in [-0.2, 0) is 12.4 Å². The molecule has 0 unspecified atom stereocenters. The summed E-state index contributed by atoms with van der Waals surface area (Å²) in [4.78, 5) is 2.80. The van der Waals surface area contributed by atoms with Crippen LogP contribution in [0.4, 0.5) is 26.3 Å². The molecule has 1 heterocycles. The van der Waals surface area contributed by atoms with E-state index in [1.807, 2.05) is 0 Å². The Labute approximate surface area is 161 Å². The molecule has 4 aromatic rings. The molecule has 3 aromatic carbocycles. The van der Waals surface area contributed by atoms with Crippen LogP contribution in [0.15, 0.2) is 72.8 Å². The fraction of sp³-hybridized carbons (Fsp3) is 0.0909. The lowest BCUT2D eigenvalue weighted by atomic mass is 9.94. The van der Waals surface area contributed by atoms with Crippen LogP contribution in [0.3, 0.4) is 0 Å². The molecule has 0 aliphatic rings. The highest BCUT2D eigenvalue weighted by molar-refractivity contribution is 6.06. The van der Waals surface area contributed by atoms with Crippen LogP contribution < -0.4 is 0 Å².